The summed E-state index contributed by atoms with van der Waals surface area (Å²) in [7, 11) is 5.64. The van der Waals surface area contributed by atoms with Gasteiger partial charge < -0.3 is 19.9 Å². The zero-order valence-corrected chi connectivity index (χ0v) is 12.8. The number of esters is 1. The number of quaternary nitrogens is 1. The van der Waals surface area contributed by atoms with E-state index in [0.29, 0.717) is 6.54 Å². The average Bonchev–Trinajstić information content (AvgIpc) is 2.37. The number of nitrogens with zero attached hydrogens (tertiary/aromatic N) is 1. The quantitative estimate of drug-likeness (QED) is 0.491. The van der Waals surface area contributed by atoms with Crippen LogP contribution < -0.4 is 10.2 Å². The first-order valence-electron chi connectivity index (χ1n) is 6.06. The van der Waals surface area contributed by atoms with E-state index in [0.717, 1.165) is 30.5 Å². The van der Waals surface area contributed by atoms with Gasteiger partial charge in [-0.1, -0.05) is 0 Å². The number of thioether (sulfide) groups is 1. The molecule has 0 aliphatic carbocycles. The van der Waals surface area contributed by atoms with E-state index in [9.17, 15) is 4.79 Å². The molecule has 1 heterocycles. The van der Waals surface area contributed by atoms with Crippen molar-refractivity contribution in [1.29, 1.82) is 0 Å². The molecule has 0 aromatic heterocycles. The fraction of sp³-hybridized carbons (Fsp3) is 0.818. The average molecular weight is 292 g/mol. The maximum absolute atomic E-state index is 11.5. The minimum atomic E-state index is -0.162. The maximum Gasteiger partial charge on any atom is 0.320 e. The van der Waals surface area contributed by atoms with E-state index in [-0.39, 0.29) is 11.2 Å². The lowest BCUT2D eigenvalue weighted by Crippen LogP contribution is -3.06. The van der Waals surface area contributed by atoms with Crippen LogP contribution >= 0.6 is 24.0 Å². The minimum absolute atomic E-state index is 0.122. The van der Waals surface area contributed by atoms with Gasteiger partial charge in [0.1, 0.15) is 5.25 Å². The lowest BCUT2D eigenvalue weighted by Gasteiger charge is -2.33. The molecule has 2 N–H and O–H groups in total. The predicted octanol–water partition coefficient (Wildman–Crippen LogP) is -1.40. The van der Waals surface area contributed by atoms with Crippen molar-refractivity contribution >= 4 is 35.1 Å². The van der Waals surface area contributed by atoms with E-state index in [1.165, 1.54) is 12.0 Å². The van der Waals surface area contributed by atoms with Crippen LogP contribution in [0, 0.1) is 0 Å². The lowest BCUT2D eigenvalue weighted by molar-refractivity contribution is -0.856. The van der Waals surface area contributed by atoms with Crippen molar-refractivity contribution < 1.29 is 14.4 Å². The number of methoxy groups -OCH3 is 1. The lowest BCUT2D eigenvalue weighted by atomic mass is 10.3. The van der Waals surface area contributed by atoms with Gasteiger partial charge in [-0.25, -0.2) is 0 Å². The van der Waals surface area contributed by atoms with Crippen LogP contribution in [0.1, 0.15) is 0 Å². The third-order valence-corrected chi connectivity index (χ3v) is 4.28. The monoisotopic (exact) mass is 292 g/mol. The highest BCUT2D eigenvalue weighted by molar-refractivity contribution is 8.00. The molecule has 1 atom stereocenters. The molecule has 0 aromatic rings. The van der Waals surface area contributed by atoms with Crippen molar-refractivity contribution in [3.63, 3.8) is 0 Å². The zero-order chi connectivity index (χ0) is 13.5. The van der Waals surface area contributed by atoms with E-state index >= 15 is 0 Å². The summed E-state index contributed by atoms with van der Waals surface area (Å²) in [6, 6.07) is 0. The minimum Gasteiger partial charge on any atom is -0.468 e. The third-order valence-electron chi connectivity index (χ3n) is 2.72. The Morgan fingerprint density at radius 2 is 2.33 bits per heavy atom. The van der Waals surface area contributed by atoms with E-state index in [1.807, 2.05) is 0 Å². The normalized spacial score (nSPS) is 19.8. The van der Waals surface area contributed by atoms with Crippen molar-refractivity contribution in [2.24, 2.45) is 0 Å². The van der Waals surface area contributed by atoms with Crippen LogP contribution in [0.15, 0.2) is 0 Å². The van der Waals surface area contributed by atoms with Gasteiger partial charge in [-0.3, -0.25) is 4.79 Å². The summed E-state index contributed by atoms with van der Waals surface area (Å²) in [5.74, 6) is 0.741. The predicted molar refractivity (Wildman–Crippen MR) is 78.1 cm³/mol. The fourth-order valence-electron chi connectivity index (χ4n) is 1.64. The van der Waals surface area contributed by atoms with Gasteiger partial charge in [-0.2, -0.15) is 0 Å². The van der Waals surface area contributed by atoms with Crippen molar-refractivity contribution in [1.82, 2.24) is 10.2 Å². The Morgan fingerprint density at radius 3 is 2.94 bits per heavy atom. The SMILES string of the molecule is COC(=O)[C@@H]1CN(C(=S)NCC[NH+](C)C)CCS1. The molecule has 0 radical (unpaired) electrons. The van der Waals surface area contributed by atoms with E-state index < -0.39 is 0 Å². The van der Waals surface area contributed by atoms with Gasteiger partial charge in [0.05, 0.1) is 34.3 Å². The molecule has 1 saturated heterocycles. The van der Waals surface area contributed by atoms with Crippen LogP contribution in [-0.2, 0) is 9.53 Å². The van der Waals surface area contributed by atoms with Gasteiger partial charge >= 0.3 is 5.97 Å². The van der Waals surface area contributed by atoms with Crippen LogP contribution in [0.4, 0.5) is 0 Å². The first-order valence-corrected chi connectivity index (χ1v) is 7.51. The summed E-state index contributed by atoms with van der Waals surface area (Å²) in [6.07, 6.45) is 0. The largest absolute Gasteiger partial charge is 0.468 e. The third kappa shape index (κ3) is 4.99. The van der Waals surface area contributed by atoms with E-state index in [1.54, 1.807) is 11.8 Å². The molecular formula is C11H22N3O2S2+. The molecule has 104 valence electrons. The van der Waals surface area contributed by atoms with E-state index in [4.69, 9.17) is 17.0 Å². The molecule has 1 rings (SSSR count). The number of thiocarbonyl (C=S) groups is 1. The Hall–Kier alpha value is -0.530. The van der Waals surface area contributed by atoms with Crippen LogP contribution in [0.25, 0.3) is 0 Å². The highest BCUT2D eigenvalue weighted by Crippen LogP contribution is 2.19. The molecule has 0 amide bonds. The highest BCUT2D eigenvalue weighted by Gasteiger charge is 2.28. The van der Waals surface area contributed by atoms with Crippen molar-refractivity contribution in [2.75, 3.05) is 53.1 Å². The topological polar surface area (TPSA) is 46.0 Å². The van der Waals surface area contributed by atoms with Crippen LogP contribution in [0.5, 0.6) is 0 Å². The number of likely N-dealkylation sites (N-methyl/N-ethyl adjacent to an activating group) is 1. The Morgan fingerprint density at radius 1 is 1.61 bits per heavy atom. The molecule has 0 aromatic carbocycles. The molecule has 5 nitrogen and oxygen atoms in total. The molecule has 7 heteroatoms. The molecule has 0 unspecified atom stereocenters. The molecule has 18 heavy (non-hydrogen) atoms. The summed E-state index contributed by atoms with van der Waals surface area (Å²) < 4.78 is 4.78. The zero-order valence-electron chi connectivity index (χ0n) is 11.2. The Kier molecular flexibility index (Phi) is 6.73. The number of hydrogen-bond donors (Lipinski definition) is 2. The summed E-state index contributed by atoms with van der Waals surface area (Å²) in [5, 5.41) is 3.86. The van der Waals surface area contributed by atoms with Crippen LogP contribution in [0.3, 0.4) is 0 Å². The summed E-state index contributed by atoms with van der Waals surface area (Å²) >= 11 is 6.98. The number of ether oxygens (including phenoxy) is 1. The first kappa shape index (κ1) is 15.5. The van der Waals surface area contributed by atoms with Gasteiger partial charge in [0.25, 0.3) is 0 Å². The van der Waals surface area contributed by atoms with Crippen molar-refractivity contribution in [3.8, 4) is 0 Å². The second-order valence-electron chi connectivity index (χ2n) is 4.52. The molecule has 1 aliphatic heterocycles. The maximum atomic E-state index is 11.5. The van der Waals surface area contributed by atoms with Gasteiger partial charge in [0.2, 0.25) is 0 Å². The summed E-state index contributed by atoms with van der Waals surface area (Å²) in [5.41, 5.74) is 0. The second kappa shape index (κ2) is 7.81. The number of nitrogens with one attached hydrogen (secondary N) is 2. The first-order chi connectivity index (χ1) is 8.54. The summed E-state index contributed by atoms with van der Waals surface area (Å²) in [6.45, 7) is 3.40. The van der Waals surface area contributed by atoms with Gasteiger partial charge in [-0.05, 0) is 12.2 Å². The Balaban J connectivity index is 2.36. The second-order valence-corrected chi connectivity index (χ2v) is 6.21. The van der Waals surface area contributed by atoms with Crippen molar-refractivity contribution in [3.05, 3.63) is 0 Å². The number of rotatable bonds is 4. The van der Waals surface area contributed by atoms with Gasteiger partial charge in [0.15, 0.2) is 5.11 Å². The number of hydrogen-bond acceptors (Lipinski definition) is 4. The molecular weight excluding hydrogens is 270 g/mol. The van der Waals surface area contributed by atoms with Crippen molar-refractivity contribution in [2.45, 2.75) is 5.25 Å². The van der Waals surface area contributed by atoms with E-state index in [2.05, 4.69) is 24.3 Å². The highest BCUT2D eigenvalue weighted by atomic mass is 32.2. The Labute approximate surface area is 118 Å². The smallest absolute Gasteiger partial charge is 0.320 e. The molecule has 1 fully saturated rings. The number of carbonyl (C=O) groups excluding carboxylic acids is 1. The van der Waals surface area contributed by atoms with Gasteiger partial charge in [-0.15, -0.1) is 11.8 Å². The van der Waals surface area contributed by atoms with Crippen LogP contribution in [-0.4, -0.2) is 74.4 Å². The molecule has 1 aliphatic rings. The standard InChI is InChI=1S/C11H21N3O2S2/c1-13(2)5-4-12-11(17)14-6-7-18-9(8-14)10(15)16-3/h9H,4-8H2,1-3H3,(H,12,17)/p+1/t9-/m0/s1. The number of carbonyl (C=O) groups is 1. The Bertz CT molecular complexity index is 300. The molecule has 0 saturated carbocycles. The van der Waals surface area contributed by atoms with Crippen LogP contribution in [0.2, 0.25) is 0 Å². The molecule has 0 spiro atoms. The fourth-order valence-corrected chi connectivity index (χ4v) is 3.03. The summed E-state index contributed by atoms with van der Waals surface area (Å²) in [4.78, 5) is 14.9. The van der Waals surface area contributed by atoms with Gasteiger partial charge in [0, 0.05) is 18.8 Å². The molecule has 0 bridgehead atoms.